The Morgan fingerprint density at radius 2 is 1.78 bits per heavy atom. The van der Waals surface area contributed by atoms with Gasteiger partial charge in [0.05, 0.1) is 12.2 Å². The van der Waals surface area contributed by atoms with E-state index in [1.54, 1.807) is 0 Å². The third-order valence-corrected chi connectivity index (χ3v) is 6.08. The van der Waals surface area contributed by atoms with Gasteiger partial charge < -0.3 is 10.2 Å². The number of anilines is 1. The minimum Gasteiger partial charge on any atom is -0.345 e. The molecule has 0 bridgehead atoms. The molecule has 2 aromatic heterocycles. The summed E-state index contributed by atoms with van der Waals surface area (Å²) in [5.41, 5.74) is 6.19. The lowest BCUT2D eigenvalue weighted by molar-refractivity contribution is 0.0943. The van der Waals surface area contributed by atoms with E-state index >= 15 is 0 Å². The number of aryl methyl sites for hydroxylation is 2. The van der Waals surface area contributed by atoms with Crippen LogP contribution >= 0.6 is 0 Å². The van der Waals surface area contributed by atoms with E-state index in [9.17, 15) is 4.79 Å². The van der Waals surface area contributed by atoms with Crippen molar-refractivity contribution in [2.45, 2.75) is 64.3 Å². The van der Waals surface area contributed by atoms with Crippen LogP contribution in [0.25, 0.3) is 0 Å². The van der Waals surface area contributed by atoms with Crippen LogP contribution in [0.1, 0.15) is 70.8 Å². The summed E-state index contributed by atoms with van der Waals surface area (Å²) in [6.07, 6.45) is 9.73. The summed E-state index contributed by atoms with van der Waals surface area (Å²) < 4.78 is 0. The molecule has 0 atom stereocenters. The second kappa shape index (κ2) is 6.94. The fraction of sp³-hybridized carbons (Fsp3) is 0.600. The second-order valence-electron chi connectivity index (χ2n) is 7.86. The van der Waals surface area contributed by atoms with Gasteiger partial charge in [0.1, 0.15) is 5.69 Å². The zero-order valence-electron chi connectivity index (χ0n) is 15.7. The first-order valence-electron chi connectivity index (χ1n) is 10.3. The first-order valence-corrected chi connectivity index (χ1v) is 10.3. The molecular weight excluding hydrogens is 340 g/mol. The average Bonchev–Trinajstić information content (AvgIpc) is 3.44. The molecule has 1 fully saturated rings. The van der Waals surface area contributed by atoms with E-state index in [-0.39, 0.29) is 5.91 Å². The summed E-state index contributed by atoms with van der Waals surface area (Å²) in [5.74, 6) is 0.643. The minimum atomic E-state index is -0.0919. The Morgan fingerprint density at radius 1 is 0.963 bits per heavy atom. The molecule has 7 heteroatoms. The lowest BCUT2D eigenvalue weighted by Crippen LogP contribution is -2.30. The van der Waals surface area contributed by atoms with Crippen LogP contribution in [-0.4, -0.2) is 39.2 Å². The Morgan fingerprint density at radius 3 is 2.67 bits per heavy atom. The zero-order valence-corrected chi connectivity index (χ0v) is 15.7. The number of carbonyl (C=O) groups excluding carboxylic acids is 1. The first kappa shape index (κ1) is 16.7. The van der Waals surface area contributed by atoms with Gasteiger partial charge in [-0.15, -0.1) is 0 Å². The molecule has 5 rings (SSSR count). The molecule has 0 radical (unpaired) electrons. The zero-order chi connectivity index (χ0) is 18.2. The fourth-order valence-corrected chi connectivity index (χ4v) is 4.61. The normalized spacial score (nSPS) is 18.4. The smallest absolute Gasteiger partial charge is 0.270 e. The maximum atomic E-state index is 13.0. The maximum absolute atomic E-state index is 13.0. The number of amides is 1. The summed E-state index contributed by atoms with van der Waals surface area (Å²) in [5, 5.41) is 10.6. The predicted octanol–water partition coefficient (Wildman–Crippen LogP) is 2.10. The molecule has 2 N–H and O–H groups in total. The Balaban J connectivity index is 1.40. The van der Waals surface area contributed by atoms with Crippen LogP contribution in [0.15, 0.2) is 0 Å². The number of aromatic amines is 1. The molecule has 1 amide bonds. The maximum Gasteiger partial charge on any atom is 0.270 e. The molecule has 2 aliphatic carbocycles. The molecule has 27 heavy (non-hydrogen) atoms. The third-order valence-electron chi connectivity index (χ3n) is 6.08. The molecular formula is C20H26N6O. The lowest BCUT2D eigenvalue weighted by atomic mass is 9.94. The van der Waals surface area contributed by atoms with Crippen molar-refractivity contribution in [2.24, 2.45) is 0 Å². The van der Waals surface area contributed by atoms with Crippen LogP contribution in [0.2, 0.25) is 0 Å². The summed E-state index contributed by atoms with van der Waals surface area (Å²) >= 11 is 0. The summed E-state index contributed by atoms with van der Waals surface area (Å²) in [6.45, 7) is 2.43. The molecule has 1 aliphatic heterocycles. The molecule has 142 valence electrons. The molecule has 2 aromatic rings. The molecule has 3 heterocycles. The highest BCUT2D eigenvalue weighted by atomic mass is 16.1. The number of nitrogens with one attached hydrogen (secondary N) is 2. The van der Waals surface area contributed by atoms with E-state index in [0.29, 0.717) is 12.2 Å². The highest BCUT2D eigenvalue weighted by Crippen LogP contribution is 2.26. The van der Waals surface area contributed by atoms with Gasteiger partial charge in [0, 0.05) is 30.0 Å². The minimum absolute atomic E-state index is 0.0919. The largest absolute Gasteiger partial charge is 0.345 e. The monoisotopic (exact) mass is 366 g/mol. The molecule has 3 aliphatic rings. The number of fused-ring (bicyclic) bond motifs is 2. The van der Waals surface area contributed by atoms with E-state index in [2.05, 4.69) is 20.4 Å². The van der Waals surface area contributed by atoms with Crippen molar-refractivity contribution in [3.8, 4) is 0 Å². The van der Waals surface area contributed by atoms with Gasteiger partial charge in [-0.2, -0.15) is 5.10 Å². The second-order valence-corrected chi connectivity index (χ2v) is 7.86. The van der Waals surface area contributed by atoms with Crippen molar-refractivity contribution in [1.29, 1.82) is 0 Å². The Labute approximate surface area is 159 Å². The number of hydrogen-bond acceptors (Lipinski definition) is 5. The Hall–Kier alpha value is -2.44. The van der Waals surface area contributed by atoms with Crippen molar-refractivity contribution < 1.29 is 4.79 Å². The van der Waals surface area contributed by atoms with Crippen LogP contribution in [0, 0.1) is 0 Å². The van der Waals surface area contributed by atoms with Gasteiger partial charge in [0.15, 0.2) is 0 Å². The molecule has 0 saturated carbocycles. The van der Waals surface area contributed by atoms with Crippen molar-refractivity contribution in [3.63, 3.8) is 0 Å². The van der Waals surface area contributed by atoms with Crippen molar-refractivity contribution in [1.82, 2.24) is 25.5 Å². The summed E-state index contributed by atoms with van der Waals surface area (Å²) in [6, 6.07) is 0. The van der Waals surface area contributed by atoms with Crippen LogP contribution in [0.3, 0.4) is 0 Å². The van der Waals surface area contributed by atoms with Gasteiger partial charge in [0.25, 0.3) is 5.91 Å². The SMILES string of the molecule is O=C(NCc1n[nH]c2c1CCC2)c1nc(N2CCCC2)nc2c1CCCC2. The number of hydrogen-bond donors (Lipinski definition) is 2. The number of rotatable bonds is 4. The third kappa shape index (κ3) is 3.09. The number of H-pyrrole nitrogens is 1. The standard InChI is InChI=1S/C20H26N6O/c27-19(21-12-17-13-7-5-9-16(13)24-25-17)18-14-6-1-2-8-15(14)22-20(23-18)26-10-3-4-11-26/h1-12H2,(H,21,27)(H,24,25). The van der Waals surface area contributed by atoms with Gasteiger partial charge in [-0.25, -0.2) is 9.97 Å². The highest BCUT2D eigenvalue weighted by molar-refractivity contribution is 5.94. The molecule has 0 aromatic carbocycles. The van der Waals surface area contributed by atoms with Crippen LogP contribution in [-0.2, 0) is 32.2 Å². The van der Waals surface area contributed by atoms with Gasteiger partial charge in [-0.05, 0) is 63.4 Å². The summed E-state index contributed by atoms with van der Waals surface area (Å²) in [4.78, 5) is 24.8. The van der Waals surface area contributed by atoms with Crippen LogP contribution in [0.4, 0.5) is 5.95 Å². The van der Waals surface area contributed by atoms with E-state index in [0.717, 1.165) is 74.5 Å². The van der Waals surface area contributed by atoms with Crippen LogP contribution in [0.5, 0.6) is 0 Å². The predicted molar refractivity (Wildman–Crippen MR) is 102 cm³/mol. The van der Waals surface area contributed by atoms with E-state index in [4.69, 9.17) is 9.97 Å². The van der Waals surface area contributed by atoms with Gasteiger partial charge in [0.2, 0.25) is 5.95 Å². The van der Waals surface area contributed by atoms with Crippen molar-refractivity contribution >= 4 is 11.9 Å². The first-order chi connectivity index (χ1) is 13.3. The van der Waals surface area contributed by atoms with E-state index in [1.165, 1.54) is 30.5 Å². The number of aromatic nitrogens is 4. The topological polar surface area (TPSA) is 86.8 Å². The molecule has 1 saturated heterocycles. The Bertz CT molecular complexity index is 868. The Kier molecular flexibility index (Phi) is 4.30. The average molecular weight is 366 g/mol. The highest BCUT2D eigenvalue weighted by Gasteiger charge is 2.26. The fourth-order valence-electron chi connectivity index (χ4n) is 4.61. The van der Waals surface area contributed by atoms with Crippen LogP contribution < -0.4 is 10.2 Å². The molecule has 7 nitrogen and oxygen atoms in total. The molecule has 0 spiro atoms. The van der Waals surface area contributed by atoms with Gasteiger partial charge >= 0.3 is 0 Å². The number of nitrogens with zero attached hydrogens (tertiary/aromatic N) is 4. The van der Waals surface area contributed by atoms with Crippen molar-refractivity contribution in [3.05, 3.63) is 33.9 Å². The van der Waals surface area contributed by atoms with E-state index in [1.807, 2.05) is 0 Å². The van der Waals surface area contributed by atoms with Gasteiger partial charge in [-0.1, -0.05) is 0 Å². The van der Waals surface area contributed by atoms with Gasteiger partial charge in [-0.3, -0.25) is 9.89 Å². The number of carbonyl (C=O) groups is 1. The quantitative estimate of drug-likeness (QED) is 0.865. The van der Waals surface area contributed by atoms with E-state index < -0.39 is 0 Å². The van der Waals surface area contributed by atoms with Crippen molar-refractivity contribution in [2.75, 3.05) is 18.0 Å². The summed E-state index contributed by atoms with van der Waals surface area (Å²) in [7, 11) is 0. The lowest BCUT2D eigenvalue weighted by Gasteiger charge is -2.22. The molecule has 0 unspecified atom stereocenters.